The lowest BCUT2D eigenvalue weighted by Crippen LogP contribution is -2.25. The normalized spacial score (nSPS) is 16.9. The molecule has 4 nitrogen and oxygen atoms in total. The lowest BCUT2D eigenvalue weighted by molar-refractivity contribution is -0.136. The summed E-state index contributed by atoms with van der Waals surface area (Å²) in [6, 6.07) is -0.722. The average molecular weight is 288 g/mol. The van der Waals surface area contributed by atoms with Gasteiger partial charge in [-0.2, -0.15) is 13.2 Å². The van der Waals surface area contributed by atoms with Crippen LogP contribution in [0.25, 0.3) is 0 Å². The highest BCUT2D eigenvalue weighted by Gasteiger charge is 2.31. The Morgan fingerprint density at radius 3 is 2.35 bits per heavy atom. The lowest BCUT2D eigenvalue weighted by atomic mass is 10.2. The molecule has 1 aromatic rings. The van der Waals surface area contributed by atoms with E-state index in [9.17, 15) is 13.2 Å². The molecule has 1 aliphatic rings. The van der Waals surface area contributed by atoms with Gasteiger partial charge >= 0.3 is 6.18 Å². The van der Waals surface area contributed by atoms with E-state index in [1.807, 2.05) is 0 Å². The van der Waals surface area contributed by atoms with E-state index in [0.29, 0.717) is 23.4 Å². The van der Waals surface area contributed by atoms with Gasteiger partial charge in [-0.25, -0.2) is 9.97 Å². The third-order valence-electron chi connectivity index (χ3n) is 3.26. The molecule has 1 aromatic heterocycles. The second-order valence-electron chi connectivity index (χ2n) is 5.29. The van der Waals surface area contributed by atoms with Crippen molar-refractivity contribution in [1.29, 1.82) is 0 Å². The number of halogens is 3. The Bertz CT molecular complexity index is 483. The lowest BCUT2D eigenvalue weighted by Gasteiger charge is -2.19. The number of rotatable bonds is 5. The fourth-order valence-electron chi connectivity index (χ4n) is 2.07. The summed E-state index contributed by atoms with van der Waals surface area (Å²) in [6.45, 7) is 3.30. The molecular weight excluding hydrogens is 269 g/mol. The van der Waals surface area contributed by atoms with Crippen molar-refractivity contribution in [3.05, 3.63) is 11.4 Å². The first-order valence-electron chi connectivity index (χ1n) is 6.69. The summed E-state index contributed by atoms with van der Waals surface area (Å²) in [5, 5.41) is 5.82. The first-order chi connectivity index (χ1) is 9.30. The van der Waals surface area contributed by atoms with Crippen molar-refractivity contribution in [2.45, 2.75) is 51.2 Å². The van der Waals surface area contributed by atoms with Crippen molar-refractivity contribution < 1.29 is 13.2 Å². The molecule has 0 aliphatic heterocycles. The van der Waals surface area contributed by atoms with E-state index in [4.69, 9.17) is 0 Å². The molecular formula is C13H19F3N4. The maximum Gasteiger partial charge on any atom is 0.391 e. The molecule has 0 aromatic carbocycles. The quantitative estimate of drug-likeness (QED) is 0.871. The van der Waals surface area contributed by atoms with Crippen molar-refractivity contribution in [3.63, 3.8) is 0 Å². The molecule has 0 bridgehead atoms. The number of anilines is 2. The average Bonchev–Trinajstić information content (AvgIpc) is 3.13. The van der Waals surface area contributed by atoms with E-state index < -0.39 is 18.6 Å². The van der Waals surface area contributed by atoms with Crippen molar-refractivity contribution in [1.82, 2.24) is 9.97 Å². The molecule has 112 valence electrons. The van der Waals surface area contributed by atoms with Crippen LogP contribution in [0.15, 0.2) is 0 Å². The minimum absolute atomic E-state index is 0.348. The molecule has 20 heavy (non-hydrogen) atoms. The topological polar surface area (TPSA) is 49.8 Å². The van der Waals surface area contributed by atoms with Crippen LogP contribution < -0.4 is 10.6 Å². The summed E-state index contributed by atoms with van der Waals surface area (Å²) in [4.78, 5) is 8.79. The fourth-order valence-corrected chi connectivity index (χ4v) is 2.07. The van der Waals surface area contributed by atoms with E-state index in [-0.39, 0.29) is 0 Å². The van der Waals surface area contributed by atoms with Crippen molar-refractivity contribution in [3.8, 4) is 0 Å². The standard InChI is InChI=1S/C13H19F3N4/c1-7(6-13(14,15)16)18-11-8(2)10(17-3)19-12(20-11)9-4-5-9/h7,9H,4-6H2,1-3H3,(H2,17,18,19,20). The number of alkyl halides is 3. The van der Waals surface area contributed by atoms with Crippen molar-refractivity contribution >= 4 is 11.6 Å². The Labute approximate surface area is 116 Å². The van der Waals surface area contributed by atoms with Gasteiger partial charge in [-0.15, -0.1) is 0 Å². The van der Waals surface area contributed by atoms with E-state index >= 15 is 0 Å². The highest BCUT2D eigenvalue weighted by Crippen LogP contribution is 2.39. The van der Waals surface area contributed by atoms with E-state index in [2.05, 4.69) is 20.6 Å². The molecule has 0 radical (unpaired) electrons. The van der Waals surface area contributed by atoms with Crippen LogP contribution in [-0.2, 0) is 0 Å². The predicted octanol–water partition coefficient (Wildman–Crippen LogP) is 3.46. The van der Waals surface area contributed by atoms with Crippen molar-refractivity contribution in [2.75, 3.05) is 17.7 Å². The summed E-state index contributed by atoms with van der Waals surface area (Å²) in [5.41, 5.74) is 0.742. The van der Waals surface area contributed by atoms with Gasteiger partial charge in [0.25, 0.3) is 0 Å². The molecule has 1 heterocycles. The smallest absolute Gasteiger partial charge is 0.373 e. The third-order valence-corrected chi connectivity index (χ3v) is 3.26. The van der Waals surface area contributed by atoms with Crippen LogP contribution in [0.4, 0.5) is 24.8 Å². The minimum Gasteiger partial charge on any atom is -0.373 e. The van der Waals surface area contributed by atoms with Crippen LogP contribution in [0.2, 0.25) is 0 Å². The van der Waals surface area contributed by atoms with E-state index in [1.165, 1.54) is 6.92 Å². The Hall–Kier alpha value is -1.53. The van der Waals surface area contributed by atoms with Gasteiger partial charge in [0, 0.05) is 24.6 Å². The predicted molar refractivity (Wildman–Crippen MR) is 72.0 cm³/mol. The molecule has 1 aliphatic carbocycles. The molecule has 1 fully saturated rings. The molecule has 7 heteroatoms. The first-order valence-corrected chi connectivity index (χ1v) is 6.69. The third kappa shape index (κ3) is 3.74. The Morgan fingerprint density at radius 2 is 1.85 bits per heavy atom. The maximum atomic E-state index is 12.4. The molecule has 0 spiro atoms. The monoisotopic (exact) mass is 288 g/mol. The summed E-state index contributed by atoms with van der Waals surface area (Å²) >= 11 is 0. The Morgan fingerprint density at radius 1 is 1.25 bits per heavy atom. The number of aromatic nitrogens is 2. The zero-order valence-corrected chi connectivity index (χ0v) is 11.8. The second-order valence-corrected chi connectivity index (χ2v) is 5.29. The zero-order chi connectivity index (χ0) is 14.9. The minimum atomic E-state index is -4.18. The van der Waals surface area contributed by atoms with Crippen LogP contribution in [0, 0.1) is 6.92 Å². The molecule has 0 saturated heterocycles. The summed E-state index contributed by atoms with van der Waals surface area (Å²) in [6.07, 6.45) is -2.98. The van der Waals surface area contributed by atoms with Gasteiger partial charge in [0.2, 0.25) is 0 Å². The van der Waals surface area contributed by atoms with Crippen LogP contribution in [0.1, 0.15) is 43.5 Å². The summed E-state index contributed by atoms with van der Waals surface area (Å²) in [7, 11) is 1.74. The SMILES string of the molecule is CNc1nc(C2CC2)nc(NC(C)CC(F)(F)F)c1C. The fraction of sp³-hybridized carbons (Fsp3) is 0.692. The number of nitrogens with zero attached hydrogens (tertiary/aromatic N) is 2. The molecule has 1 unspecified atom stereocenters. The first kappa shape index (κ1) is 14.9. The van der Waals surface area contributed by atoms with Crippen LogP contribution >= 0.6 is 0 Å². The van der Waals surface area contributed by atoms with Gasteiger partial charge in [0.05, 0.1) is 6.42 Å². The van der Waals surface area contributed by atoms with Gasteiger partial charge < -0.3 is 10.6 Å². The van der Waals surface area contributed by atoms with E-state index in [0.717, 1.165) is 18.4 Å². The number of nitrogens with one attached hydrogen (secondary N) is 2. The van der Waals surface area contributed by atoms with Crippen LogP contribution in [-0.4, -0.2) is 29.2 Å². The van der Waals surface area contributed by atoms with E-state index in [1.54, 1.807) is 14.0 Å². The molecule has 2 N–H and O–H groups in total. The Balaban J connectivity index is 2.19. The zero-order valence-electron chi connectivity index (χ0n) is 11.8. The van der Waals surface area contributed by atoms with Crippen LogP contribution in [0.5, 0.6) is 0 Å². The molecule has 2 rings (SSSR count). The Kier molecular flexibility index (Phi) is 4.06. The summed E-state index contributed by atoms with van der Waals surface area (Å²) in [5.74, 6) is 2.22. The number of hydrogen-bond acceptors (Lipinski definition) is 4. The second kappa shape index (κ2) is 5.46. The molecule has 0 amide bonds. The highest BCUT2D eigenvalue weighted by atomic mass is 19.4. The summed E-state index contributed by atoms with van der Waals surface area (Å²) < 4.78 is 37.2. The molecule has 1 saturated carbocycles. The molecule has 1 atom stereocenters. The van der Waals surface area contributed by atoms with Gasteiger partial charge in [-0.05, 0) is 26.7 Å². The highest BCUT2D eigenvalue weighted by molar-refractivity contribution is 5.57. The van der Waals surface area contributed by atoms with Gasteiger partial charge in [-0.1, -0.05) is 0 Å². The van der Waals surface area contributed by atoms with Gasteiger partial charge in [-0.3, -0.25) is 0 Å². The van der Waals surface area contributed by atoms with Crippen LogP contribution in [0.3, 0.4) is 0 Å². The van der Waals surface area contributed by atoms with Gasteiger partial charge in [0.15, 0.2) is 0 Å². The van der Waals surface area contributed by atoms with Crippen molar-refractivity contribution in [2.24, 2.45) is 0 Å². The number of hydrogen-bond donors (Lipinski definition) is 2. The largest absolute Gasteiger partial charge is 0.391 e. The van der Waals surface area contributed by atoms with Gasteiger partial charge in [0.1, 0.15) is 17.5 Å². The maximum absolute atomic E-state index is 12.4.